The van der Waals surface area contributed by atoms with Gasteiger partial charge in [0.25, 0.3) is 5.91 Å². The molecule has 0 spiro atoms. The van der Waals surface area contributed by atoms with Gasteiger partial charge in [0, 0.05) is 23.3 Å². The van der Waals surface area contributed by atoms with Gasteiger partial charge in [-0.25, -0.2) is 4.98 Å². The predicted molar refractivity (Wildman–Crippen MR) is 73.4 cm³/mol. The van der Waals surface area contributed by atoms with Crippen LogP contribution in [0.15, 0.2) is 36.5 Å². The van der Waals surface area contributed by atoms with Gasteiger partial charge in [-0.3, -0.25) is 4.79 Å². The molecule has 0 unspecified atom stereocenters. The molecule has 1 aromatic carbocycles. The van der Waals surface area contributed by atoms with Crippen LogP contribution in [0.25, 0.3) is 0 Å². The summed E-state index contributed by atoms with van der Waals surface area (Å²) in [5.74, 6) is -0.399. The van der Waals surface area contributed by atoms with Gasteiger partial charge in [-0.15, -0.1) is 0 Å². The van der Waals surface area contributed by atoms with Crippen LogP contribution in [0.2, 0.25) is 5.02 Å². The highest BCUT2D eigenvalue weighted by molar-refractivity contribution is 6.31. The van der Waals surface area contributed by atoms with E-state index in [-0.39, 0.29) is 18.0 Å². The smallest absolute Gasteiger partial charge is 0.253 e. The first kappa shape index (κ1) is 14.3. The summed E-state index contributed by atoms with van der Waals surface area (Å²) in [5, 5.41) is 3.19. The van der Waals surface area contributed by atoms with Gasteiger partial charge in [-0.1, -0.05) is 17.7 Å². The van der Waals surface area contributed by atoms with Crippen molar-refractivity contribution in [3.05, 3.63) is 58.6 Å². The number of methoxy groups -OCH3 is 1. The van der Waals surface area contributed by atoms with Crippen LogP contribution >= 0.6 is 11.6 Å². The monoisotopic (exact) mass is 294 g/mol. The molecule has 0 aliphatic carbocycles. The average molecular weight is 295 g/mol. The lowest BCUT2D eigenvalue weighted by Crippen LogP contribution is -2.23. The lowest BCUT2D eigenvalue weighted by Gasteiger charge is -2.11. The number of rotatable bonds is 4. The summed E-state index contributed by atoms with van der Waals surface area (Å²) < 4.78 is 17.9. The second kappa shape index (κ2) is 6.34. The largest absolute Gasteiger partial charge is 0.496 e. The number of halogens is 2. The SMILES string of the molecule is COc1cccc(Cl)c1CNC(=O)c1ccc(F)nc1. The lowest BCUT2D eigenvalue weighted by molar-refractivity contribution is 0.0950. The van der Waals surface area contributed by atoms with Crippen molar-refractivity contribution in [2.75, 3.05) is 7.11 Å². The molecule has 1 amide bonds. The molecule has 0 aliphatic rings. The highest BCUT2D eigenvalue weighted by Gasteiger charge is 2.11. The molecular formula is C14H12ClFN2O2. The predicted octanol–water partition coefficient (Wildman–Crippen LogP) is 2.81. The van der Waals surface area contributed by atoms with Crippen LogP contribution in [0.1, 0.15) is 15.9 Å². The number of hydrogen-bond donors (Lipinski definition) is 1. The Kier molecular flexibility index (Phi) is 4.53. The first-order chi connectivity index (χ1) is 9.61. The Bertz CT molecular complexity index is 617. The molecule has 6 heteroatoms. The number of benzene rings is 1. The number of amides is 1. The van der Waals surface area contributed by atoms with E-state index in [4.69, 9.17) is 16.3 Å². The van der Waals surface area contributed by atoms with Crippen LogP contribution in [0, 0.1) is 5.95 Å². The fourth-order valence-electron chi connectivity index (χ4n) is 1.68. The van der Waals surface area contributed by atoms with Crippen LogP contribution in [0.3, 0.4) is 0 Å². The van der Waals surface area contributed by atoms with E-state index in [1.54, 1.807) is 18.2 Å². The normalized spacial score (nSPS) is 10.2. The Hall–Kier alpha value is -2.14. The zero-order valence-electron chi connectivity index (χ0n) is 10.7. The number of carbonyl (C=O) groups is 1. The van der Waals surface area contributed by atoms with Crippen molar-refractivity contribution in [3.8, 4) is 5.75 Å². The Morgan fingerprint density at radius 2 is 2.20 bits per heavy atom. The summed E-state index contributed by atoms with van der Waals surface area (Å²) in [6.07, 6.45) is 1.18. The number of pyridine rings is 1. The Labute approximate surface area is 120 Å². The number of nitrogens with zero attached hydrogens (tertiary/aromatic N) is 1. The van der Waals surface area contributed by atoms with E-state index in [1.807, 2.05) is 0 Å². The molecule has 1 heterocycles. The molecular weight excluding hydrogens is 283 g/mol. The molecule has 0 saturated heterocycles. The summed E-state index contributed by atoms with van der Waals surface area (Å²) in [7, 11) is 1.53. The zero-order valence-corrected chi connectivity index (χ0v) is 11.4. The number of carbonyl (C=O) groups excluding carboxylic acids is 1. The molecule has 20 heavy (non-hydrogen) atoms. The molecule has 0 aliphatic heterocycles. The molecule has 0 radical (unpaired) electrons. The van der Waals surface area contributed by atoms with E-state index in [9.17, 15) is 9.18 Å². The molecule has 0 saturated carbocycles. The van der Waals surface area contributed by atoms with E-state index in [1.165, 1.54) is 19.4 Å². The van der Waals surface area contributed by atoms with Gasteiger partial charge in [0.1, 0.15) is 5.75 Å². The van der Waals surface area contributed by atoms with E-state index in [0.717, 1.165) is 6.07 Å². The van der Waals surface area contributed by atoms with Crippen LogP contribution in [-0.2, 0) is 6.54 Å². The van der Waals surface area contributed by atoms with Gasteiger partial charge in [-0.2, -0.15) is 4.39 Å². The third-order valence-corrected chi connectivity index (χ3v) is 3.07. The van der Waals surface area contributed by atoms with E-state index in [0.29, 0.717) is 16.3 Å². The van der Waals surface area contributed by atoms with Gasteiger partial charge < -0.3 is 10.1 Å². The number of hydrogen-bond acceptors (Lipinski definition) is 3. The summed E-state index contributed by atoms with van der Waals surface area (Å²) in [6.45, 7) is 0.207. The minimum atomic E-state index is -0.630. The standard InChI is InChI=1S/C14H12ClFN2O2/c1-20-12-4-2-3-11(15)10(12)8-18-14(19)9-5-6-13(16)17-7-9/h2-7H,8H2,1H3,(H,18,19). The van der Waals surface area contributed by atoms with E-state index >= 15 is 0 Å². The van der Waals surface area contributed by atoms with Crippen molar-refractivity contribution in [3.63, 3.8) is 0 Å². The van der Waals surface area contributed by atoms with Gasteiger partial charge in [0.05, 0.1) is 12.7 Å². The lowest BCUT2D eigenvalue weighted by atomic mass is 10.2. The summed E-state index contributed by atoms with van der Waals surface area (Å²) in [5.41, 5.74) is 0.956. The van der Waals surface area contributed by atoms with Crippen molar-refractivity contribution in [2.24, 2.45) is 0 Å². The molecule has 0 bridgehead atoms. The minimum Gasteiger partial charge on any atom is -0.496 e. The highest BCUT2D eigenvalue weighted by Crippen LogP contribution is 2.25. The molecule has 2 rings (SSSR count). The molecule has 1 aromatic heterocycles. The van der Waals surface area contributed by atoms with Crippen molar-refractivity contribution < 1.29 is 13.9 Å². The van der Waals surface area contributed by atoms with Crippen molar-refractivity contribution in [1.29, 1.82) is 0 Å². The van der Waals surface area contributed by atoms with Crippen LogP contribution in [0.4, 0.5) is 4.39 Å². The fourth-order valence-corrected chi connectivity index (χ4v) is 1.92. The summed E-state index contributed by atoms with van der Waals surface area (Å²) >= 11 is 6.07. The van der Waals surface area contributed by atoms with Gasteiger partial charge in [0.15, 0.2) is 0 Å². The number of nitrogens with one attached hydrogen (secondary N) is 1. The second-order valence-electron chi connectivity index (χ2n) is 3.97. The van der Waals surface area contributed by atoms with Crippen LogP contribution < -0.4 is 10.1 Å². The average Bonchev–Trinajstić information content (AvgIpc) is 2.46. The van der Waals surface area contributed by atoms with Crippen molar-refractivity contribution in [1.82, 2.24) is 10.3 Å². The maximum Gasteiger partial charge on any atom is 0.253 e. The number of ether oxygens (including phenoxy) is 1. The van der Waals surface area contributed by atoms with Crippen LogP contribution in [0.5, 0.6) is 5.75 Å². The number of aromatic nitrogens is 1. The topological polar surface area (TPSA) is 51.2 Å². The third kappa shape index (κ3) is 3.24. The second-order valence-corrected chi connectivity index (χ2v) is 4.38. The third-order valence-electron chi connectivity index (χ3n) is 2.71. The molecule has 0 fully saturated rings. The molecule has 2 aromatic rings. The molecule has 4 nitrogen and oxygen atoms in total. The molecule has 1 N–H and O–H groups in total. The first-order valence-electron chi connectivity index (χ1n) is 5.83. The summed E-state index contributed by atoms with van der Waals surface area (Å²) in [4.78, 5) is 15.3. The highest BCUT2D eigenvalue weighted by atomic mass is 35.5. The van der Waals surface area contributed by atoms with Crippen LogP contribution in [-0.4, -0.2) is 18.0 Å². The Morgan fingerprint density at radius 1 is 1.40 bits per heavy atom. The Balaban J connectivity index is 2.09. The Morgan fingerprint density at radius 3 is 2.85 bits per heavy atom. The molecule has 0 atom stereocenters. The maximum absolute atomic E-state index is 12.7. The summed E-state index contributed by atoms with van der Waals surface area (Å²) in [6, 6.07) is 7.72. The first-order valence-corrected chi connectivity index (χ1v) is 6.20. The van der Waals surface area contributed by atoms with Gasteiger partial charge in [-0.05, 0) is 24.3 Å². The zero-order chi connectivity index (χ0) is 14.5. The minimum absolute atomic E-state index is 0.207. The quantitative estimate of drug-likeness (QED) is 0.882. The van der Waals surface area contributed by atoms with E-state index in [2.05, 4.69) is 10.3 Å². The van der Waals surface area contributed by atoms with Gasteiger partial charge in [0.2, 0.25) is 5.95 Å². The van der Waals surface area contributed by atoms with E-state index < -0.39 is 5.95 Å². The van der Waals surface area contributed by atoms with Crippen molar-refractivity contribution >= 4 is 17.5 Å². The van der Waals surface area contributed by atoms with Gasteiger partial charge >= 0.3 is 0 Å². The fraction of sp³-hybridized carbons (Fsp3) is 0.143. The maximum atomic E-state index is 12.7. The molecule has 104 valence electrons. The van der Waals surface area contributed by atoms with Crippen molar-refractivity contribution in [2.45, 2.75) is 6.54 Å².